The third kappa shape index (κ3) is 5.23. The zero-order valence-corrected chi connectivity index (χ0v) is 23.6. The molecule has 1 N–H and O–H groups in total. The topological polar surface area (TPSA) is 102 Å². The second kappa shape index (κ2) is 11.0. The Morgan fingerprint density at radius 2 is 1.80 bits per heavy atom. The van der Waals surface area contributed by atoms with Crippen molar-refractivity contribution in [3.63, 3.8) is 0 Å². The maximum Gasteiger partial charge on any atom is 0.278 e. The normalized spacial score (nSPS) is 14.2. The van der Waals surface area contributed by atoms with E-state index in [9.17, 15) is 4.79 Å². The number of nitrogens with zero attached hydrogens (tertiary/aromatic N) is 9. The zero-order valence-electron chi connectivity index (χ0n) is 23.6. The van der Waals surface area contributed by atoms with Gasteiger partial charge in [-0.05, 0) is 57.3 Å². The van der Waals surface area contributed by atoms with Crippen LogP contribution in [0.25, 0.3) is 28.1 Å². The standard InChI is InChI=1S/C30H34N10O/c1-5-13-39-29(41)25-19-31-30(33-23-9-11-24(12-10-23)37-16-14-36(4)15-17-37)35-28(25)40(39)27-8-6-7-26(34-27)22-18-32-38(20-22)21(2)3/h5-12,18-21H,1,13-17H2,2-4H3,(H,31,33,35). The van der Waals surface area contributed by atoms with E-state index in [2.05, 4.69) is 64.8 Å². The number of nitrogens with one attached hydrogen (secondary N) is 1. The maximum atomic E-state index is 13.4. The van der Waals surface area contributed by atoms with Crippen molar-refractivity contribution < 1.29 is 0 Å². The lowest BCUT2D eigenvalue weighted by atomic mass is 10.2. The molecule has 0 amide bonds. The minimum absolute atomic E-state index is 0.206. The van der Waals surface area contributed by atoms with Crippen LogP contribution in [0.3, 0.4) is 0 Å². The number of rotatable bonds is 8. The van der Waals surface area contributed by atoms with Gasteiger partial charge in [-0.2, -0.15) is 10.1 Å². The molecule has 0 bridgehead atoms. The Balaban J connectivity index is 1.34. The molecule has 4 aromatic heterocycles. The molecule has 41 heavy (non-hydrogen) atoms. The summed E-state index contributed by atoms with van der Waals surface area (Å²) in [4.78, 5) is 32.2. The molecule has 1 saturated heterocycles. The first-order valence-electron chi connectivity index (χ1n) is 13.8. The van der Waals surface area contributed by atoms with Crippen LogP contribution in [0.1, 0.15) is 19.9 Å². The zero-order chi connectivity index (χ0) is 28.5. The van der Waals surface area contributed by atoms with Crippen molar-refractivity contribution in [3.05, 3.63) is 84.1 Å². The van der Waals surface area contributed by atoms with Crippen molar-refractivity contribution in [1.29, 1.82) is 0 Å². The van der Waals surface area contributed by atoms with Gasteiger partial charge in [-0.25, -0.2) is 19.3 Å². The van der Waals surface area contributed by atoms with Gasteiger partial charge in [-0.1, -0.05) is 12.1 Å². The number of allylic oxidation sites excluding steroid dienone is 1. The van der Waals surface area contributed by atoms with Gasteiger partial charge in [0.2, 0.25) is 5.95 Å². The van der Waals surface area contributed by atoms with E-state index in [1.807, 2.05) is 41.2 Å². The summed E-state index contributed by atoms with van der Waals surface area (Å²) in [7, 11) is 2.15. The fraction of sp³-hybridized carbons (Fsp3) is 0.300. The van der Waals surface area contributed by atoms with Crippen LogP contribution in [0.5, 0.6) is 0 Å². The second-order valence-electron chi connectivity index (χ2n) is 10.6. The van der Waals surface area contributed by atoms with Gasteiger partial charge in [0.05, 0.1) is 18.4 Å². The number of likely N-dealkylation sites (N-methyl/N-ethyl adjacent to an activating group) is 1. The van der Waals surface area contributed by atoms with Gasteiger partial charge in [0.25, 0.3) is 5.56 Å². The Bertz CT molecular complexity index is 1740. The highest BCUT2D eigenvalue weighted by Gasteiger charge is 2.19. The highest BCUT2D eigenvalue weighted by molar-refractivity contribution is 5.77. The van der Waals surface area contributed by atoms with Gasteiger partial charge in [-0.3, -0.25) is 9.48 Å². The number of pyridine rings is 1. The van der Waals surface area contributed by atoms with Crippen LogP contribution in [0.4, 0.5) is 17.3 Å². The van der Waals surface area contributed by atoms with E-state index in [0.29, 0.717) is 29.3 Å². The fourth-order valence-electron chi connectivity index (χ4n) is 5.01. The molecular weight excluding hydrogens is 516 g/mol. The first-order chi connectivity index (χ1) is 19.9. The van der Waals surface area contributed by atoms with E-state index in [-0.39, 0.29) is 11.6 Å². The van der Waals surface area contributed by atoms with Crippen molar-refractivity contribution in [1.82, 2.24) is 39.0 Å². The molecule has 1 aliphatic rings. The SMILES string of the molecule is C=CCn1c(=O)c2cnc(Nc3ccc(N4CCN(C)CC4)cc3)nc2n1-c1cccc(-c2cnn(C(C)C)c2)n1. The maximum absolute atomic E-state index is 13.4. The molecule has 0 atom stereocenters. The number of piperazine rings is 1. The summed E-state index contributed by atoms with van der Waals surface area (Å²) in [6.45, 7) is 12.4. The first-order valence-corrected chi connectivity index (χ1v) is 13.8. The monoisotopic (exact) mass is 550 g/mol. The number of fused-ring (bicyclic) bond motifs is 1. The Hall–Kier alpha value is -4.77. The molecule has 1 aliphatic heterocycles. The molecule has 0 saturated carbocycles. The summed E-state index contributed by atoms with van der Waals surface area (Å²) in [5.41, 5.74) is 3.96. The lowest BCUT2D eigenvalue weighted by Gasteiger charge is -2.34. The van der Waals surface area contributed by atoms with Crippen molar-refractivity contribution in [2.75, 3.05) is 43.4 Å². The largest absolute Gasteiger partial charge is 0.369 e. The van der Waals surface area contributed by atoms with Gasteiger partial charge in [0, 0.05) is 61.6 Å². The van der Waals surface area contributed by atoms with Crippen LogP contribution < -0.4 is 15.8 Å². The van der Waals surface area contributed by atoms with Crippen molar-refractivity contribution >= 4 is 28.4 Å². The molecule has 1 fully saturated rings. The van der Waals surface area contributed by atoms with Crippen molar-refractivity contribution in [3.8, 4) is 17.1 Å². The molecule has 210 valence electrons. The summed E-state index contributed by atoms with van der Waals surface area (Å²) in [6.07, 6.45) is 7.02. The lowest BCUT2D eigenvalue weighted by Crippen LogP contribution is -2.44. The van der Waals surface area contributed by atoms with Crippen molar-refractivity contribution in [2.45, 2.75) is 26.4 Å². The van der Waals surface area contributed by atoms with Crippen LogP contribution >= 0.6 is 0 Å². The second-order valence-corrected chi connectivity index (χ2v) is 10.6. The number of hydrogen-bond donors (Lipinski definition) is 1. The van der Waals surface area contributed by atoms with E-state index in [1.54, 1.807) is 27.8 Å². The van der Waals surface area contributed by atoms with Crippen LogP contribution in [0, 0.1) is 0 Å². The van der Waals surface area contributed by atoms with Gasteiger partial charge < -0.3 is 15.1 Å². The van der Waals surface area contributed by atoms with Crippen LogP contribution in [-0.4, -0.2) is 72.2 Å². The van der Waals surface area contributed by atoms with Crippen LogP contribution in [-0.2, 0) is 6.54 Å². The van der Waals surface area contributed by atoms with E-state index in [4.69, 9.17) is 9.97 Å². The fourth-order valence-corrected chi connectivity index (χ4v) is 5.01. The summed E-state index contributed by atoms with van der Waals surface area (Å²) in [5.74, 6) is 0.957. The van der Waals surface area contributed by atoms with Gasteiger partial charge in [0.1, 0.15) is 5.39 Å². The quantitative estimate of drug-likeness (QED) is 0.288. The Morgan fingerprint density at radius 3 is 2.51 bits per heavy atom. The minimum atomic E-state index is -0.206. The van der Waals surface area contributed by atoms with Crippen LogP contribution in [0.2, 0.25) is 0 Å². The number of benzene rings is 1. The summed E-state index contributed by atoms with van der Waals surface area (Å²) in [5, 5.41) is 8.15. The molecule has 5 aromatic rings. The molecule has 1 aromatic carbocycles. The predicted molar refractivity (Wildman–Crippen MR) is 162 cm³/mol. The third-order valence-corrected chi connectivity index (χ3v) is 7.35. The van der Waals surface area contributed by atoms with Gasteiger partial charge >= 0.3 is 0 Å². The Morgan fingerprint density at radius 1 is 1.02 bits per heavy atom. The molecule has 6 rings (SSSR count). The molecule has 0 spiro atoms. The van der Waals surface area contributed by atoms with Gasteiger partial charge in [-0.15, -0.1) is 6.58 Å². The first kappa shape index (κ1) is 26.5. The highest BCUT2D eigenvalue weighted by Crippen LogP contribution is 2.24. The summed E-state index contributed by atoms with van der Waals surface area (Å²) < 4.78 is 5.20. The molecule has 11 heteroatoms. The lowest BCUT2D eigenvalue weighted by molar-refractivity contribution is 0.313. The average molecular weight is 551 g/mol. The summed E-state index contributed by atoms with van der Waals surface area (Å²) >= 11 is 0. The smallest absolute Gasteiger partial charge is 0.278 e. The average Bonchev–Trinajstić information content (AvgIpc) is 3.58. The summed E-state index contributed by atoms with van der Waals surface area (Å²) in [6, 6.07) is 14.2. The Kier molecular flexibility index (Phi) is 7.10. The minimum Gasteiger partial charge on any atom is -0.369 e. The molecular formula is C30H34N10O. The van der Waals surface area contributed by atoms with Gasteiger partial charge in [0.15, 0.2) is 11.5 Å². The number of anilines is 3. The molecule has 0 radical (unpaired) electrons. The van der Waals surface area contributed by atoms with E-state index < -0.39 is 0 Å². The predicted octanol–water partition coefficient (Wildman–Crippen LogP) is 4.10. The van der Waals surface area contributed by atoms with E-state index in [1.165, 1.54) is 5.69 Å². The van der Waals surface area contributed by atoms with E-state index >= 15 is 0 Å². The molecule has 5 heterocycles. The van der Waals surface area contributed by atoms with E-state index in [0.717, 1.165) is 43.1 Å². The number of hydrogen-bond acceptors (Lipinski definition) is 8. The number of aromatic nitrogens is 7. The Labute approximate surface area is 238 Å². The highest BCUT2D eigenvalue weighted by atomic mass is 16.1. The van der Waals surface area contributed by atoms with Crippen LogP contribution in [0.15, 0.2) is 78.5 Å². The molecule has 0 aliphatic carbocycles. The third-order valence-electron chi connectivity index (χ3n) is 7.35. The molecule has 0 unspecified atom stereocenters. The molecule has 11 nitrogen and oxygen atoms in total. The van der Waals surface area contributed by atoms with Crippen molar-refractivity contribution in [2.24, 2.45) is 0 Å².